The smallest absolute Gasteiger partial charge is 0.230 e. The van der Waals surface area contributed by atoms with Crippen LogP contribution in [-0.2, 0) is 9.59 Å². The number of rotatable bonds is 2. The zero-order valence-corrected chi connectivity index (χ0v) is 5.89. The number of hydrogen-bond donors (Lipinski definition) is 1. The lowest BCUT2D eigenvalue weighted by Gasteiger charge is -2.03. The summed E-state index contributed by atoms with van der Waals surface area (Å²) in [6, 6.07) is 0. The molecule has 0 saturated heterocycles. The Hall–Kier alpha value is -0.860. The molecule has 0 aliphatic heterocycles. The highest BCUT2D eigenvalue weighted by Gasteiger charge is 2.14. The average molecular weight is 129 g/mol. The van der Waals surface area contributed by atoms with Crippen molar-refractivity contribution < 1.29 is 9.59 Å². The van der Waals surface area contributed by atoms with E-state index in [1.54, 1.807) is 6.92 Å². The fraction of sp³-hybridized carbons (Fsp3) is 0.667. The molecule has 0 aliphatic rings. The molecule has 3 nitrogen and oxygen atoms in total. The Morgan fingerprint density at radius 2 is 1.89 bits per heavy atom. The highest BCUT2D eigenvalue weighted by molar-refractivity contribution is 5.99. The molecule has 1 unspecified atom stereocenters. The molecule has 0 aromatic rings. The molecule has 0 bridgehead atoms. The van der Waals surface area contributed by atoms with E-state index in [1.165, 1.54) is 14.0 Å². The van der Waals surface area contributed by atoms with Gasteiger partial charge in [0.1, 0.15) is 5.78 Å². The standard InChI is InChI=1S/C6H11NO2/c1-4(5(2)8)6(9)7-3/h4H,1-3H3,(H,7,9). The normalized spacial score (nSPS) is 12.3. The largest absolute Gasteiger partial charge is 0.359 e. The molecule has 0 fully saturated rings. The maximum Gasteiger partial charge on any atom is 0.230 e. The Bertz CT molecular complexity index is 131. The van der Waals surface area contributed by atoms with Crippen LogP contribution in [0.2, 0.25) is 0 Å². The van der Waals surface area contributed by atoms with Crippen molar-refractivity contribution in [1.82, 2.24) is 5.32 Å². The van der Waals surface area contributed by atoms with Gasteiger partial charge in [-0.05, 0) is 13.8 Å². The van der Waals surface area contributed by atoms with Crippen molar-refractivity contribution in [2.24, 2.45) is 5.92 Å². The van der Waals surface area contributed by atoms with Crippen molar-refractivity contribution in [2.45, 2.75) is 13.8 Å². The first-order valence-electron chi connectivity index (χ1n) is 2.81. The van der Waals surface area contributed by atoms with E-state index < -0.39 is 5.92 Å². The van der Waals surface area contributed by atoms with Crippen LogP contribution in [0.1, 0.15) is 13.8 Å². The average Bonchev–Trinajstić information content (AvgIpc) is 1.84. The predicted molar refractivity (Wildman–Crippen MR) is 33.9 cm³/mol. The van der Waals surface area contributed by atoms with E-state index in [9.17, 15) is 9.59 Å². The van der Waals surface area contributed by atoms with Crippen LogP contribution in [0, 0.1) is 5.92 Å². The van der Waals surface area contributed by atoms with Gasteiger partial charge in [0.05, 0.1) is 5.92 Å². The van der Waals surface area contributed by atoms with Crippen LogP contribution in [0.4, 0.5) is 0 Å². The molecule has 0 heterocycles. The summed E-state index contributed by atoms with van der Waals surface area (Å²) in [6.45, 7) is 2.99. The van der Waals surface area contributed by atoms with Gasteiger partial charge in [-0.3, -0.25) is 9.59 Å². The summed E-state index contributed by atoms with van der Waals surface area (Å²) in [6.07, 6.45) is 0. The van der Waals surface area contributed by atoms with Gasteiger partial charge in [-0.15, -0.1) is 0 Å². The number of nitrogens with one attached hydrogen (secondary N) is 1. The first kappa shape index (κ1) is 8.14. The summed E-state index contributed by atoms with van der Waals surface area (Å²) in [5.41, 5.74) is 0. The predicted octanol–water partition coefficient (Wildman–Crippen LogP) is -0.0425. The molecule has 0 rings (SSSR count). The summed E-state index contributed by atoms with van der Waals surface area (Å²) >= 11 is 0. The van der Waals surface area contributed by atoms with Crippen LogP contribution in [0.3, 0.4) is 0 Å². The molecule has 0 aliphatic carbocycles. The van der Waals surface area contributed by atoms with Crippen molar-refractivity contribution in [2.75, 3.05) is 7.05 Å². The van der Waals surface area contributed by atoms with Crippen LogP contribution in [0.15, 0.2) is 0 Å². The summed E-state index contributed by atoms with van der Waals surface area (Å²) in [7, 11) is 1.52. The minimum atomic E-state index is -0.505. The van der Waals surface area contributed by atoms with Gasteiger partial charge in [0.25, 0.3) is 0 Å². The lowest BCUT2D eigenvalue weighted by atomic mass is 10.1. The van der Waals surface area contributed by atoms with Crippen molar-refractivity contribution in [1.29, 1.82) is 0 Å². The summed E-state index contributed by atoms with van der Waals surface area (Å²) in [4.78, 5) is 21.1. The molecule has 3 heteroatoms. The van der Waals surface area contributed by atoms with Gasteiger partial charge in [0.15, 0.2) is 0 Å². The van der Waals surface area contributed by atoms with E-state index in [-0.39, 0.29) is 11.7 Å². The Morgan fingerprint density at radius 3 is 2.00 bits per heavy atom. The molecular formula is C6H11NO2. The summed E-state index contributed by atoms with van der Waals surface area (Å²) in [5, 5.41) is 2.39. The number of Topliss-reactive ketones (excluding diaryl/α,β-unsaturated/α-hetero) is 1. The molecule has 0 aromatic carbocycles. The number of hydrogen-bond acceptors (Lipinski definition) is 2. The van der Waals surface area contributed by atoms with E-state index >= 15 is 0 Å². The maximum absolute atomic E-state index is 10.6. The Morgan fingerprint density at radius 1 is 1.44 bits per heavy atom. The third-order valence-corrected chi connectivity index (χ3v) is 1.25. The van der Waals surface area contributed by atoms with Gasteiger partial charge < -0.3 is 5.32 Å². The van der Waals surface area contributed by atoms with Crippen molar-refractivity contribution in [3.8, 4) is 0 Å². The molecular weight excluding hydrogens is 118 g/mol. The highest BCUT2D eigenvalue weighted by atomic mass is 16.2. The van der Waals surface area contributed by atoms with Crippen molar-refractivity contribution in [3.63, 3.8) is 0 Å². The second-order valence-corrected chi connectivity index (χ2v) is 1.95. The number of carbonyl (C=O) groups excluding carboxylic acids is 2. The van der Waals surface area contributed by atoms with Gasteiger partial charge in [-0.2, -0.15) is 0 Å². The van der Waals surface area contributed by atoms with Crippen LogP contribution in [0.25, 0.3) is 0 Å². The van der Waals surface area contributed by atoms with Crippen LogP contribution < -0.4 is 5.32 Å². The molecule has 1 N–H and O–H groups in total. The maximum atomic E-state index is 10.6. The van der Waals surface area contributed by atoms with E-state index in [2.05, 4.69) is 5.32 Å². The molecule has 0 spiro atoms. The third-order valence-electron chi connectivity index (χ3n) is 1.25. The Labute approximate surface area is 54.4 Å². The molecule has 0 radical (unpaired) electrons. The molecule has 9 heavy (non-hydrogen) atoms. The quantitative estimate of drug-likeness (QED) is 0.532. The van der Waals surface area contributed by atoms with Crippen LogP contribution in [0.5, 0.6) is 0 Å². The van der Waals surface area contributed by atoms with Gasteiger partial charge in [-0.1, -0.05) is 0 Å². The zero-order chi connectivity index (χ0) is 7.44. The number of carbonyl (C=O) groups is 2. The number of ketones is 1. The third kappa shape index (κ3) is 2.26. The molecule has 0 saturated carbocycles. The van der Waals surface area contributed by atoms with Crippen molar-refractivity contribution in [3.05, 3.63) is 0 Å². The topological polar surface area (TPSA) is 46.2 Å². The minimum absolute atomic E-state index is 0.102. The molecule has 1 atom stereocenters. The van der Waals surface area contributed by atoms with E-state index in [0.717, 1.165) is 0 Å². The van der Waals surface area contributed by atoms with Gasteiger partial charge >= 0.3 is 0 Å². The molecule has 52 valence electrons. The van der Waals surface area contributed by atoms with Gasteiger partial charge in [0.2, 0.25) is 5.91 Å². The summed E-state index contributed by atoms with van der Waals surface area (Å²) < 4.78 is 0. The fourth-order valence-electron chi connectivity index (χ4n) is 0.401. The first-order valence-corrected chi connectivity index (χ1v) is 2.81. The van der Waals surface area contributed by atoms with E-state index in [1.807, 2.05) is 0 Å². The second kappa shape index (κ2) is 3.22. The lowest BCUT2D eigenvalue weighted by molar-refractivity contribution is -0.131. The molecule has 0 aromatic heterocycles. The van der Waals surface area contributed by atoms with E-state index in [4.69, 9.17) is 0 Å². The monoisotopic (exact) mass is 129 g/mol. The van der Waals surface area contributed by atoms with Gasteiger partial charge in [0, 0.05) is 7.05 Å². The van der Waals surface area contributed by atoms with Crippen LogP contribution in [-0.4, -0.2) is 18.7 Å². The lowest BCUT2D eigenvalue weighted by Crippen LogP contribution is -2.29. The fourth-order valence-corrected chi connectivity index (χ4v) is 0.401. The van der Waals surface area contributed by atoms with Crippen LogP contribution >= 0.6 is 0 Å². The highest BCUT2D eigenvalue weighted by Crippen LogP contribution is 1.93. The Balaban J connectivity index is 3.88. The van der Waals surface area contributed by atoms with E-state index in [0.29, 0.717) is 0 Å². The molecule has 1 amide bonds. The van der Waals surface area contributed by atoms with Crippen molar-refractivity contribution >= 4 is 11.7 Å². The first-order chi connectivity index (χ1) is 4.09. The zero-order valence-electron chi connectivity index (χ0n) is 5.89. The summed E-state index contributed by atoms with van der Waals surface area (Å²) in [5.74, 6) is -0.827. The SMILES string of the molecule is CNC(=O)C(C)C(C)=O. The number of amides is 1. The minimum Gasteiger partial charge on any atom is -0.359 e. The second-order valence-electron chi connectivity index (χ2n) is 1.95. The Kier molecular flexibility index (Phi) is 2.91. The van der Waals surface area contributed by atoms with Gasteiger partial charge in [-0.25, -0.2) is 0 Å².